The second kappa shape index (κ2) is 6.78. The van der Waals surface area contributed by atoms with Crippen LogP contribution in [0.3, 0.4) is 0 Å². The van der Waals surface area contributed by atoms with Gasteiger partial charge in [-0.15, -0.1) is 21.5 Å². The molecule has 8 heteroatoms. The zero-order valence-corrected chi connectivity index (χ0v) is 15.2. The molecule has 0 bridgehead atoms. The van der Waals surface area contributed by atoms with Crippen LogP contribution >= 0.6 is 23.1 Å². The number of hydrogen-bond acceptors (Lipinski definition) is 7. The molecule has 4 rings (SSSR count). The maximum Gasteiger partial charge on any atom is 0.197 e. The van der Waals surface area contributed by atoms with Crippen LogP contribution in [0.15, 0.2) is 16.5 Å². The van der Waals surface area contributed by atoms with Crippen LogP contribution in [0.2, 0.25) is 0 Å². The third kappa shape index (κ3) is 2.72. The van der Waals surface area contributed by atoms with E-state index in [1.807, 2.05) is 4.57 Å². The van der Waals surface area contributed by atoms with Gasteiger partial charge in [-0.05, 0) is 49.4 Å². The maximum absolute atomic E-state index is 9.46. The number of aliphatic hydroxyl groups excluding tert-OH is 1. The van der Waals surface area contributed by atoms with Gasteiger partial charge in [-0.25, -0.2) is 9.97 Å². The Labute approximate surface area is 148 Å². The fraction of sp³-hybridized carbons (Fsp3) is 0.500. The lowest BCUT2D eigenvalue weighted by molar-refractivity contribution is 0.263. The van der Waals surface area contributed by atoms with Crippen LogP contribution in [-0.4, -0.2) is 29.8 Å². The lowest BCUT2D eigenvalue weighted by Crippen LogP contribution is -2.05. The molecule has 1 N–H and O–H groups in total. The molecule has 24 heavy (non-hydrogen) atoms. The van der Waals surface area contributed by atoms with Gasteiger partial charge in [0.05, 0.1) is 0 Å². The Kier molecular flexibility index (Phi) is 4.51. The van der Waals surface area contributed by atoms with E-state index >= 15 is 0 Å². The SMILES string of the molecule is CCCn1c(CO)nnc1Sc1ncnc2sc3c(c12)CCCC3. The molecule has 0 aromatic carbocycles. The van der Waals surface area contributed by atoms with Crippen molar-refractivity contribution in [3.63, 3.8) is 0 Å². The van der Waals surface area contributed by atoms with Crippen molar-refractivity contribution in [2.24, 2.45) is 0 Å². The minimum absolute atomic E-state index is 0.0966. The molecule has 3 aromatic heterocycles. The summed E-state index contributed by atoms with van der Waals surface area (Å²) in [5, 5.41) is 20.8. The number of hydrogen-bond donors (Lipinski definition) is 1. The highest BCUT2D eigenvalue weighted by molar-refractivity contribution is 7.99. The summed E-state index contributed by atoms with van der Waals surface area (Å²) in [5.41, 5.74) is 1.42. The van der Waals surface area contributed by atoms with Crippen molar-refractivity contribution in [1.29, 1.82) is 0 Å². The molecular weight excluding hydrogens is 342 g/mol. The summed E-state index contributed by atoms with van der Waals surface area (Å²) >= 11 is 3.33. The molecule has 0 unspecified atom stereocenters. The smallest absolute Gasteiger partial charge is 0.197 e. The van der Waals surface area contributed by atoms with Crippen molar-refractivity contribution in [2.75, 3.05) is 0 Å². The summed E-state index contributed by atoms with van der Waals surface area (Å²) < 4.78 is 1.98. The number of thiophene rings is 1. The van der Waals surface area contributed by atoms with Crippen molar-refractivity contribution in [3.05, 3.63) is 22.6 Å². The van der Waals surface area contributed by atoms with Crippen LogP contribution in [-0.2, 0) is 26.0 Å². The van der Waals surface area contributed by atoms with Crippen LogP contribution in [0.25, 0.3) is 10.2 Å². The Morgan fingerprint density at radius 2 is 2.12 bits per heavy atom. The molecule has 0 saturated carbocycles. The summed E-state index contributed by atoms with van der Waals surface area (Å²) in [5.74, 6) is 0.608. The number of nitrogens with zero attached hydrogens (tertiary/aromatic N) is 5. The average Bonchev–Trinajstić information content (AvgIpc) is 3.17. The first-order chi connectivity index (χ1) is 11.8. The first-order valence-electron chi connectivity index (χ1n) is 8.27. The van der Waals surface area contributed by atoms with Crippen LogP contribution in [0.1, 0.15) is 42.5 Å². The van der Waals surface area contributed by atoms with Crippen molar-refractivity contribution in [2.45, 2.75) is 62.4 Å². The van der Waals surface area contributed by atoms with Gasteiger partial charge in [0.25, 0.3) is 0 Å². The van der Waals surface area contributed by atoms with Crippen molar-refractivity contribution < 1.29 is 5.11 Å². The van der Waals surface area contributed by atoms with Gasteiger partial charge in [-0.1, -0.05) is 6.92 Å². The van der Waals surface area contributed by atoms with Gasteiger partial charge in [-0.3, -0.25) is 0 Å². The Morgan fingerprint density at radius 3 is 2.96 bits per heavy atom. The van der Waals surface area contributed by atoms with Gasteiger partial charge >= 0.3 is 0 Å². The molecule has 3 aromatic rings. The van der Waals surface area contributed by atoms with Crippen molar-refractivity contribution in [1.82, 2.24) is 24.7 Å². The molecular formula is C16H19N5OS2. The molecule has 1 aliphatic rings. The average molecular weight is 361 g/mol. The maximum atomic E-state index is 9.46. The molecule has 3 heterocycles. The summed E-state index contributed by atoms with van der Waals surface area (Å²) in [4.78, 5) is 11.5. The van der Waals surface area contributed by atoms with Crippen molar-refractivity contribution in [3.8, 4) is 0 Å². The highest BCUT2D eigenvalue weighted by atomic mass is 32.2. The Balaban J connectivity index is 1.78. The fourth-order valence-corrected chi connectivity index (χ4v) is 5.46. The van der Waals surface area contributed by atoms with Gasteiger partial charge in [0.15, 0.2) is 11.0 Å². The monoisotopic (exact) mass is 361 g/mol. The molecule has 6 nitrogen and oxygen atoms in total. The highest BCUT2D eigenvalue weighted by Gasteiger charge is 2.22. The predicted octanol–water partition coefficient (Wildman–Crippen LogP) is 3.22. The lowest BCUT2D eigenvalue weighted by atomic mass is 9.97. The lowest BCUT2D eigenvalue weighted by Gasteiger charge is -2.11. The molecule has 0 radical (unpaired) electrons. The number of rotatable bonds is 5. The van der Waals surface area contributed by atoms with E-state index in [0.29, 0.717) is 5.82 Å². The molecule has 126 valence electrons. The minimum Gasteiger partial charge on any atom is -0.388 e. The Hall–Kier alpha value is -1.51. The highest BCUT2D eigenvalue weighted by Crippen LogP contribution is 2.40. The first kappa shape index (κ1) is 16.0. The molecule has 0 spiro atoms. The predicted molar refractivity (Wildman–Crippen MR) is 94.4 cm³/mol. The largest absolute Gasteiger partial charge is 0.388 e. The topological polar surface area (TPSA) is 76.7 Å². The molecule has 0 amide bonds. The van der Waals surface area contributed by atoms with E-state index in [1.54, 1.807) is 17.7 Å². The van der Waals surface area contributed by atoms with Gasteiger partial charge in [0, 0.05) is 16.8 Å². The van der Waals surface area contributed by atoms with E-state index in [-0.39, 0.29) is 6.61 Å². The number of fused-ring (bicyclic) bond motifs is 3. The number of aryl methyl sites for hydroxylation is 2. The summed E-state index contributed by atoms with van der Waals surface area (Å²) in [6, 6.07) is 0. The first-order valence-corrected chi connectivity index (χ1v) is 9.91. The summed E-state index contributed by atoms with van der Waals surface area (Å²) in [7, 11) is 0. The van der Waals surface area contributed by atoms with E-state index in [0.717, 1.165) is 40.8 Å². The Bertz CT molecular complexity index is 873. The molecule has 0 atom stereocenters. The normalized spacial score (nSPS) is 14.2. The van der Waals surface area contributed by atoms with E-state index in [4.69, 9.17) is 0 Å². The van der Waals surface area contributed by atoms with Crippen LogP contribution in [0, 0.1) is 0 Å². The molecule has 0 saturated heterocycles. The zero-order chi connectivity index (χ0) is 16.5. The molecule has 0 aliphatic heterocycles. The second-order valence-electron chi connectivity index (χ2n) is 5.88. The third-order valence-corrected chi connectivity index (χ3v) is 6.47. The van der Waals surface area contributed by atoms with E-state index in [2.05, 4.69) is 27.1 Å². The van der Waals surface area contributed by atoms with Crippen molar-refractivity contribution >= 4 is 33.3 Å². The van der Waals surface area contributed by atoms with E-state index in [9.17, 15) is 5.11 Å². The minimum atomic E-state index is -0.0966. The van der Waals surface area contributed by atoms with Gasteiger partial charge in [0.2, 0.25) is 0 Å². The molecule has 0 fully saturated rings. The second-order valence-corrected chi connectivity index (χ2v) is 7.92. The van der Waals surface area contributed by atoms with Gasteiger partial charge in [-0.2, -0.15) is 0 Å². The fourth-order valence-electron chi connectivity index (χ4n) is 3.18. The summed E-state index contributed by atoms with van der Waals surface area (Å²) in [6.07, 6.45) is 7.37. The van der Waals surface area contributed by atoms with Gasteiger partial charge in [0.1, 0.15) is 22.8 Å². The molecule has 1 aliphatic carbocycles. The van der Waals surface area contributed by atoms with Gasteiger partial charge < -0.3 is 9.67 Å². The van der Waals surface area contributed by atoms with E-state index in [1.165, 1.54) is 40.4 Å². The third-order valence-electron chi connectivity index (χ3n) is 4.29. The quantitative estimate of drug-likeness (QED) is 0.703. The Morgan fingerprint density at radius 1 is 1.25 bits per heavy atom. The van der Waals surface area contributed by atoms with Crippen LogP contribution in [0.4, 0.5) is 0 Å². The zero-order valence-electron chi connectivity index (χ0n) is 13.5. The summed E-state index contributed by atoms with van der Waals surface area (Å²) in [6.45, 7) is 2.80. The van der Waals surface area contributed by atoms with Crippen LogP contribution < -0.4 is 0 Å². The number of aliphatic hydroxyl groups is 1. The van der Waals surface area contributed by atoms with Crippen LogP contribution in [0.5, 0.6) is 0 Å². The number of aromatic nitrogens is 5. The standard InChI is InChI=1S/C16H19N5OS2/c1-2-7-21-12(8-22)19-20-16(21)24-15-13-10-5-3-4-6-11(10)23-14(13)17-9-18-15/h9,22H,2-8H2,1H3. The van der Waals surface area contributed by atoms with E-state index < -0.39 is 0 Å².